The maximum absolute atomic E-state index is 13.1. The van der Waals surface area contributed by atoms with Crippen molar-refractivity contribution in [1.82, 2.24) is 0 Å². The van der Waals surface area contributed by atoms with Crippen LogP contribution in [0.25, 0.3) is 0 Å². The number of ketones is 1. The topological polar surface area (TPSA) is 43.1 Å². The molecule has 0 spiro atoms. The molecule has 14 heavy (non-hydrogen) atoms. The predicted molar refractivity (Wildman–Crippen MR) is 54.1 cm³/mol. The summed E-state index contributed by atoms with van der Waals surface area (Å²) in [7, 11) is 0. The van der Waals surface area contributed by atoms with Crippen molar-refractivity contribution in [3.05, 3.63) is 34.1 Å². The molecule has 0 aliphatic carbocycles. The number of nitrogens with two attached hydrogens (primary N) is 1. The van der Waals surface area contributed by atoms with Crippen molar-refractivity contribution in [2.24, 2.45) is 5.73 Å². The first-order valence-corrected chi connectivity index (χ1v) is 4.56. The van der Waals surface area contributed by atoms with Gasteiger partial charge < -0.3 is 5.73 Å². The fourth-order valence-electron chi connectivity index (χ4n) is 1.13. The van der Waals surface area contributed by atoms with Crippen LogP contribution in [0.2, 0.25) is 5.02 Å². The second-order valence-electron chi connectivity index (χ2n) is 3.24. The zero-order valence-electron chi connectivity index (χ0n) is 7.97. The van der Waals surface area contributed by atoms with E-state index in [9.17, 15) is 9.18 Å². The monoisotopic (exact) mass is 215 g/mol. The zero-order valence-corrected chi connectivity index (χ0v) is 8.73. The summed E-state index contributed by atoms with van der Waals surface area (Å²) in [6.07, 6.45) is 0. The number of rotatable bonds is 2. The number of Topliss-reactive ketones (excluding diaryl/α,β-unsaturated/α-hetero) is 1. The molecule has 1 aromatic rings. The lowest BCUT2D eigenvalue weighted by Gasteiger charge is -2.07. The van der Waals surface area contributed by atoms with Gasteiger partial charge in [0.15, 0.2) is 5.78 Å². The fourth-order valence-corrected chi connectivity index (χ4v) is 1.40. The van der Waals surface area contributed by atoms with E-state index in [1.54, 1.807) is 13.8 Å². The number of carbonyl (C=O) groups is 1. The SMILES string of the molecule is Cc1cc(C(=O)C(C)N)cc(Cl)c1F. The molecule has 1 aromatic carbocycles. The van der Waals surface area contributed by atoms with E-state index in [0.29, 0.717) is 11.1 Å². The normalized spacial score (nSPS) is 12.6. The molecule has 2 N–H and O–H groups in total. The third-order valence-corrected chi connectivity index (χ3v) is 2.18. The minimum atomic E-state index is -0.601. The second-order valence-corrected chi connectivity index (χ2v) is 3.65. The van der Waals surface area contributed by atoms with Gasteiger partial charge in [-0.1, -0.05) is 11.6 Å². The third-order valence-electron chi connectivity index (χ3n) is 1.91. The van der Waals surface area contributed by atoms with E-state index < -0.39 is 11.9 Å². The van der Waals surface area contributed by atoms with Gasteiger partial charge >= 0.3 is 0 Å². The van der Waals surface area contributed by atoms with Crippen molar-refractivity contribution in [3.63, 3.8) is 0 Å². The van der Waals surface area contributed by atoms with Gasteiger partial charge in [0.25, 0.3) is 0 Å². The van der Waals surface area contributed by atoms with E-state index in [4.69, 9.17) is 17.3 Å². The van der Waals surface area contributed by atoms with Gasteiger partial charge in [0.1, 0.15) is 5.82 Å². The van der Waals surface area contributed by atoms with Gasteiger partial charge in [-0.25, -0.2) is 4.39 Å². The van der Waals surface area contributed by atoms with Crippen LogP contribution < -0.4 is 5.73 Å². The summed E-state index contributed by atoms with van der Waals surface area (Å²) in [6.45, 7) is 3.13. The maximum Gasteiger partial charge on any atom is 0.179 e. The Morgan fingerprint density at radius 3 is 2.57 bits per heavy atom. The summed E-state index contributed by atoms with van der Waals surface area (Å²) in [5.74, 6) is -0.733. The van der Waals surface area contributed by atoms with Gasteiger partial charge in [-0.05, 0) is 31.5 Å². The van der Waals surface area contributed by atoms with E-state index in [1.165, 1.54) is 12.1 Å². The Bertz CT molecular complexity index is 353. The predicted octanol–water partition coefficient (Wildman–Crippen LogP) is 2.32. The second kappa shape index (κ2) is 4.07. The molecular formula is C10H11ClFNO. The number of hydrogen-bond donors (Lipinski definition) is 1. The van der Waals surface area contributed by atoms with Gasteiger partial charge in [0.05, 0.1) is 11.1 Å². The van der Waals surface area contributed by atoms with E-state index >= 15 is 0 Å². The van der Waals surface area contributed by atoms with Crippen LogP contribution in [0, 0.1) is 12.7 Å². The van der Waals surface area contributed by atoms with Crippen LogP contribution in [0.5, 0.6) is 0 Å². The molecule has 0 aliphatic heterocycles. The van der Waals surface area contributed by atoms with Gasteiger partial charge in [0, 0.05) is 5.56 Å². The zero-order chi connectivity index (χ0) is 10.9. The van der Waals surface area contributed by atoms with E-state index in [1.807, 2.05) is 0 Å². The summed E-state index contributed by atoms with van der Waals surface area (Å²) in [5.41, 5.74) is 6.12. The van der Waals surface area contributed by atoms with E-state index in [-0.39, 0.29) is 10.8 Å². The molecule has 1 unspecified atom stereocenters. The smallest absolute Gasteiger partial charge is 0.179 e. The number of benzene rings is 1. The Balaban J connectivity index is 3.19. The molecule has 76 valence electrons. The van der Waals surface area contributed by atoms with Crippen molar-refractivity contribution in [2.75, 3.05) is 0 Å². The van der Waals surface area contributed by atoms with E-state index in [0.717, 1.165) is 0 Å². The van der Waals surface area contributed by atoms with Gasteiger partial charge in [-0.2, -0.15) is 0 Å². The van der Waals surface area contributed by atoms with Crippen molar-refractivity contribution in [3.8, 4) is 0 Å². The molecule has 0 saturated heterocycles. The highest BCUT2D eigenvalue weighted by molar-refractivity contribution is 6.31. The van der Waals surface area contributed by atoms with Crippen LogP contribution in [0.3, 0.4) is 0 Å². The van der Waals surface area contributed by atoms with Crippen molar-refractivity contribution in [2.45, 2.75) is 19.9 Å². The molecular weight excluding hydrogens is 205 g/mol. The maximum atomic E-state index is 13.1. The first-order chi connectivity index (χ1) is 6.43. The highest BCUT2D eigenvalue weighted by Crippen LogP contribution is 2.20. The Morgan fingerprint density at radius 2 is 2.14 bits per heavy atom. The lowest BCUT2D eigenvalue weighted by Crippen LogP contribution is -2.26. The number of aryl methyl sites for hydroxylation is 1. The fraction of sp³-hybridized carbons (Fsp3) is 0.300. The molecule has 0 saturated carbocycles. The lowest BCUT2D eigenvalue weighted by atomic mass is 10.0. The average molecular weight is 216 g/mol. The van der Waals surface area contributed by atoms with Gasteiger partial charge in [-0.15, -0.1) is 0 Å². The molecule has 2 nitrogen and oxygen atoms in total. The Hall–Kier alpha value is -0.930. The van der Waals surface area contributed by atoms with Crippen LogP contribution >= 0.6 is 11.6 Å². The van der Waals surface area contributed by atoms with Crippen molar-refractivity contribution in [1.29, 1.82) is 0 Å². The van der Waals surface area contributed by atoms with Crippen LogP contribution in [0.15, 0.2) is 12.1 Å². The number of carbonyl (C=O) groups excluding carboxylic acids is 1. The minimum Gasteiger partial charge on any atom is -0.321 e. The molecule has 4 heteroatoms. The molecule has 0 radical (unpaired) electrons. The molecule has 0 amide bonds. The summed E-state index contributed by atoms with van der Waals surface area (Å²) < 4.78 is 13.1. The van der Waals surface area contributed by atoms with Crippen LogP contribution in [0.1, 0.15) is 22.8 Å². The van der Waals surface area contributed by atoms with E-state index in [2.05, 4.69) is 0 Å². The Morgan fingerprint density at radius 1 is 1.57 bits per heavy atom. The first-order valence-electron chi connectivity index (χ1n) is 4.19. The molecule has 0 aromatic heterocycles. The summed E-state index contributed by atoms with van der Waals surface area (Å²) in [6, 6.07) is 2.15. The number of hydrogen-bond acceptors (Lipinski definition) is 2. The highest BCUT2D eigenvalue weighted by Gasteiger charge is 2.14. The summed E-state index contributed by atoms with van der Waals surface area (Å²) in [5, 5.41) is -0.0472. The highest BCUT2D eigenvalue weighted by atomic mass is 35.5. The van der Waals surface area contributed by atoms with Crippen LogP contribution in [0.4, 0.5) is 4.39 Å². The Kier molecular flexibility index (Phi) is 3.24. The molecule has 0 heterocycles. The minimum absolute atomic E-state index is 0.0472. The van der Waals surface area contributed by atoms with Gasteiger partial charge in [-0.3, -0.25) is 4.79 Å². The standard InChI is InChI=1S/C10H11ClFNO/c1-5-3-7(10(14)6(2)13)4-8(11)9(5)12/h3-4,6H,13H2,1-2H3. The molecule has 0 fully saturated rings. The first kappa shape index (κ1) is 11.1. The number of halogens is 2. The van der Waals surface area contributed by atoms with Crippen molar-refractivity contribution >= 4 is 17.4 Å². The molecule has 1 rings (SSSR count). The third kappa shape index (κ3) is 2.11. The van der Waals surface area contributed by atoms with Gasteiger partial charge in [0.2, 0.25) is 0 Å². The molecule has 0 bridgehead atoms. The van der Waals surface area contributed by atoms with Crippen LogP contribution in [-0.4, -0.2) is 11.8 Å². The van der Waals surface area contributed by atoms with Crippen molar-refractivity contribution < 1.29 is 9.18 Å². The Labute approximate surface area is 86.9 Å². The average Bonchev–Trinajstić information content (AvgIpc) is 2.12. The lowest BCUT2D eigenvalue weighted by molar-refractivity contribution is 0.0968. The molecule has 0 aliphatic rings. The summed E-state index contributed by atoms with van der Waals surface area (Å²) in [4.78, 5) is 11.5. The summed E-state index contributed by atoms with van der Waals surface area (Å²) >= 11 is 5.60. The largest absolute Gasteiger partial charge is 0.321 e. The molecule has 1 atom stereocenters. The quantitative estimate of drug-likeness (QED) is 0.770. The van der Waals surface area contributed by atoms with Crippen LogP contribution in [-0.2, 0) is 0 Å².